The van der Waals surface area contributed by atoms with Crippen LogP contribution < -0.4 is 5.32 Å². The van der Waals surface area contributed by atoms with Crippen molar-refractivity contribution < 1.29 is 18.0 Å². The Labute approximate surface area is 184 Å². The van der Waals surface area contributed by atoms with Crippen LogP contribution in [0.25, 0.3) is 0 Å². The molecule has 160 valence electrons. The molecule has 1 saturated carbocycles. The van der Waals surface area contributed by atoms with Crippen LogP contribution in [0.15, 0.2) is 35.2 Å². The number of benzene rings is 1. The van der Waals surface area contributed by atoms with Crippen molar-refractivity contribution in [2.45, 2.75) is 24.7 Å². The molecule has 30 heavy (non-hydrogen) atoms. The van der Waals surface area contributed by atoms with E-state index in [0.29, 0.717) is 28.0 Å². The fraction of sp³-hybridized carbons (Fsp3) is 0.400. The Bertz CT molecular complexity index is 1070. The van der Waals surface area contributed by atoms with E-state index in [1.807, 2.05) is 13.0 Å². The summed E-state index contributed by atoms with van der Waals surface area (Å²) in [5.74, 6) is -0.0218. The quantitative estimate of drug-likeness (QED) is 0.731. The lowest BCUT2D eigenvalue weighted by Gasteiger charge is -2.34. The van der Waals surface area contributed by atoms with Gasteiger partial charge in [0.25, 0.3) is 5.91 Å². The highest BCUT2D eigenvalue weighted by atomic mass is 35.5. The molecule has 1 aromatic carbocycles. The van der Waals surface area contributed by atoms with Crippen molar-refractivity contribution in [1.82, 2.24) is 9.21 Å². The molecule has 2 aromatic rings. The molecule has 0 bridgehead atoms. The lowest BCUT2D eigenvalue weighted by Crippen LogP contribution is -2.50. The van der Waals surface area contributed by atoms with E-state index in [0.717, 1.165) is 18.4 Å². The molecule has 1 aliphatic heterocycles. The molecule has 0 radical (unpaired) electrons. The Kier molecular flexibility index (Phi) is 5.89. The Morgan fingerprint density at radius 1 is 1.10 bits per heavy atom. The fourth-order valence-electron chi connectivity index (χ4n) is 3.36. The predicted molar refractivity (Wildman–Crippen MR) is 117 cm³/mol. The lowest BCUT2D eigenvalue weighted by molar-refractivity contribution is -0.117. The SMILES string of the molecule is Cc1cc(NC(=O)C2CC2)sc1C(=O)N1CCN(S(=O)(=O)c2ccc(Cl)cc2)CC1. The number of amides is 2. The summed E-state index contributed by atoms with van der Waals surface area (Å²) in [5.41, 5.74) is 0.812. The van der Waals surface area contributed by atoms with Gasteiger partial charge < -0.3 is 10.2 Å². The molecular weight excluding hydrogens is 446 g/mol. The van der Waals surface area contributed by atoms with Gasteiger partial charge in [-0.2, -0.15) is 4.31 Å². The number of rotatable bonds is 5. The van der Waals surface area contributed by atoms with Gasteiger partial charge in [0.1, 0.15) is 0 Å². The summed E-state index contributed by atoms with van der Waals surface area (Å²) in [6.07, 6.45) is 1.84. The van der Waals surface area contributed by atoms with Gasteiger partial charge in [0.05, 0.1) is 14.8 Å². The molecule has 2 heterocycles. The summed E-state index contributed by atoms with van der Waals surface area (Å²) in [7, 11) is -3.62. The van der Waals surface area contributed by atoms with E-state index in [2.05, 4.69) is 5.32 Å². The van der Waals surface area contributed by atoms with Gasteiger partial charge in [0.15, 0.2) is 0 Å². The number of hydrogen-bond donors (Lipinski definition) is 1. The molecule has 0 spiro atoms. The van der Waals surface area contributed by atoms with Crippen molar-refractivity contribution >= 4 is 49.8 Å². The third-order valence-electron chi connectivity index (χ3n) is 5.28. The molecule has 4 rings (SSSR count). The number of sulfonamides is 1. The van der Waals surface area contributed by atoms with Gasteiger partial charge in [-0.1, -0.05) is 11.6 Å². The highest BCUT2D eigenvalue weighted by molar-refractivity contribution is 7.89. The van der Waals surface area contributed by atoms with Crippen LogP contribution in [-0.2, 0) is 14.8 Å². The molecule has 1 aliphatic carbocycles. The Balaban J connectivity index is 1.40. The number of hydrogen-bond acceptors (Lipinski definition) is 5. The highest BCUT2D eigenvalue weighted by Crippen LogP contribution is 2.33. The summed E-state index contributed by atoms with van der Waals surface area (Å²) in [4.78, 5) is 27.4. The molecule has 2 fully saturated rings. The standard InChI is InChI=1S/C20H22ClN3O4S2/c1-13-12-17(22-19(25)14-2-3-14)29-18(13)20(26)23-8-10-24(11-9-23)30(27,28)16-6-4-15(21)5-7-16/h4-7,12,14H,2-3,8-11H2,1H3,(H,22,25). The van der Waals surface area contributed by atoms with Crippen molar-refractivity contribution in [2.24, 2.45) is 5.92 Å². The Morgan fingerprint density at radius 3 is 2.33 bits per heavy atom. The summed E-state index contributed by atoms with van der Waals surface area (Å²) < 4.78 is 27.0. The first kappa shape index (κ1) is 21.3. The molecule has 1 saturated heterocycles. The van der Waals surface area contributed by atoms with Crippen LogP contribution in [0.3, 0.4) is 0 Å². The number of carbonyl (C=O) groups is 2. The number of piperazine rings is 1. The maximum atomic E-state index is 13.0. The van der Waals surface area contributed by atoms with E-state index < -0.39 is 10.0 Å². The second-order valence-electron chi connectivity index (χ2n) is 7.54. The first-order valence-electron chi connectivity index (χ1n) is 9.72. The average molecular weight is 468 g/mol. The molecule has 0 atom stereocenters. The van der Waals surface area contributed by atoms with E-state index in [1.54, 1.807) is 17.0 Å². The van der Waals surface area contributed by atoms with Crippen LogP contribution in [0.2, 0.25) is 5.02 Å². The summed E-state index contributed by atoms with van der Waals surface area (Å²) in [6.45, 7) is 2.93. The normalized spacial score (nSPS) is 17.7. The van der Waals surface area contributed by atoms with Crippen LogP contribution >= 0.6 is 22.9 Å². The van der Waals surface area contributed by atoms with Crippen molar-refractivity contribution in [3.05, 3.63) is 45.8 Å². The number of halogens is 1. The maximum absolute atomic E-state index is 13.0. The van der Waals surface area contributed by atoms with Gasteiger partial charge in [-0.3, -0.25) is 9.59 Å². The van der Waals surface area contributed by atoms with Crippen LogP contribution in [0, 0.1) is 12.8 Å². The smallest absolute Gasteiger partial charge is 0.264 e. The number of nitrogens with zero attached hydrogens (tertiary/aromatic N) is 2. The molecule has 1 aromatic heterocycles. The Hall–Kier alpha value is -1.94. The van der Waals surface area contributed by atoms with Crippen molar-refractivity contribution in [3.63, 3.8) is 0 Å². The zero-order chi connectivity index (χ0) is 21.5. The summed E-state index contributed by atoms with van der Waals surface area (Å²) in [5, 5.41) is 4.04. The largest absolute Gasteiger partial charge is 0.335 e. The van der Waals surface area contributed by atoms with Gasteiger partial charge in [0, 0.05) is 37.1 Å². The van der Waals surface area contributed by atoms with Gasteiger partial charge >= 0.3 is 0 Å². The maximum Gasteiger partial charge on any atom is 0.264 e. The predicted octanol–water partition coefficient (Wildman–Crippen LogP) is 3.21. The zero-order valence-electron chi connectivity index (χ0n) is 16.4. The van der Waals surface area contributed by atoms with Gasteiger partial charge in [-0.05, 0) is 55.7 Å². The highest BCUT2D eigenvalue weighted by Gasteiger charge is 2.32. The minimum Gasteiger partial charge on any atom is -0.335 e. The number of aryl methyl sites for hydroxylation is 1. The second kappa shape index (κ2) is 8.30. The zero-order valence-corrected chi connectivity index (χ0v) is 18.8. The molecule has 10 heteroatoms. The van der Waals surface area contributed by atoms with Crippen LogP contribution in [0.4, 0.5) is 5.00 Å². The fourth-order valence-corrected chi connectivity index (χ4v) is 5.95. The van der Waals surface area contributed by atoms with E-state index in [1.165, 1.54) is 27.8 Å². The Morgan fingerprint density at radius 2 is 1.73 bits per heavy atom. The van der Waals surface area contributed by atoms with Crippen molar-refractivity contribution in [2.75, 3.05) is 31.5 Å². The third kappa shape index (κ3) is 4.39. The average Bonchev–Trinajstić information content (AvgIpc) is 3.51. The van der Waals surface area contributed by atoms with Gasteiger partial charge in [0.2, 0.25) is 15.9 Å². The van der Waals surface area contributed by atoms with Crippen molar-refractivity contribution in [3.8, 4) is 0 Å². The molecule has 7 nitrogen and oxygen atoms in total. The number of anilines is 1. The lowest BCUT2D eigenvalue weighted by atomic mass is 10.2. The van der Waals surface area contributed by atoms with Crippen LogP contribution in [0.1, 0.15) is 28.1 Å². The van der Waals surface area contributed by atoms with Crippen molar-refractivity contribution in [1.29, 1.82) is 0 Å². The van der Waals surface area contributed by atoms with Gasteiger partial charge in [-0.15, -0.1) is 11.3 Å². The summed E-state index contributed by atoms with van der Waals surface area (Å²) >= 11 is 7.12. The molecule has 2 aliphatic rings. The number of nitrogens with one attached hydrogen (secondary N) is 1. The van der Waals surface area contributed by atoms with E-state index in [4.69, 9.17) is 11.6 Å². The number of carbonyl (C=O) groups excluding carboxylic acids is 2. The molecule has 2 amide bonds. The second-order valence-corrected chi connectivity index (χ2v) is 11.0. The molecule has 0 unspecified atom stereocenters. The summed E-state index contributed by atoms with van der Waals surface area (Å²) in [6, 6.07) is 7.89. The van der Waals surface area contributed by atoms with E-state index in [9.17, 15) is 18.0 Å². The number of thiophene rings is 1. The topological polar surface area (TPSA) is 86.8 Å². The van der Waals surface area contributed by atoms with Crippen LogP contribution in [0.5, 0.6) is 0 Å². The monoisotopic (exact) mass is 467 g/mol. The third-order valence-corrected chi connectivity index (χ3v) is 8.59. The van der Waals surface area contributed by atoms with E-state index in [-0.39, 0.29) is 35.7 Å². The molecular formula is C20H22ClN3O4S2. The molecule has 1 N–H and O–H groups in total. The van der Waals surface area contributed by atoms with Gasteiger partial charge in [-0.25, -0.2) is 8.42 Å². The first-order chi connectivity index (χ1) is 14.3. The minimum absolute atomic E-state index is 0.0104. The minimum atomic E-state index is -3.62. The first-order valence-corrected chi connectivity index (χ1v) is 12.4. The van der Waals surface area contributed by atoms with E-state index >= 15 is 0 Å². The van der Waals surface area contributed by atoms with Crippen LogP contribution in [-0.4, -0.2) is 55.6 Å².